The fourth-order valence-corrected chi connectivity index (χ4v) is 3.60. The van der Waals surface area contributed by atoms with E-state index in [1.807, 2.05) is 24.5 Å². The number of fused-ring (bicyclic) bond motifs is 1. The summed E-state index contributed by atoms with van der Waals surface area (Å²) >= 11 is 0. The lowest BCUT2D eigenvalue weighted by Crippen LogP contribution is -2.34. The predicted octanol–water partition coefficient (Wildman–Crippen LogP) is 3.35. The number of H-pyrrole nitrogens is 1. The van der Waals surface area contributed by atoms with Crippen LogP contribution in [0.2, 0.25) is 0 Å². The van der Waals surface area contributed by atoms with E-state index in [1.54, 1.807) is 12.1 Å². The van der Waals surface area contributed by atoms with Gasteiger partial charge >= 0.3 is 0 Å². The molecular weight excluding hydrogens is 326 g/mol. The van der Waals surface area contributed by atoms with Gasteiger partial charge in [0.25, 0.3) is 0 Å². The monoisotopic (exact) mass is 349 g/mol. The van der Waals surface area contributed by atoms with Crippen LogP contribution in [0.1, 0.15) is 36.5 Å². The highest BCUT2D eigenvalue weighted by Crippen LogP contribution is 2.26. The highest BCUT2D eigenvalue weighted by atomic mass is 16.1. The second kappa shape index (κ2) is 6.78. The van der Waals surface area contributed by atoms with Gasteiger partial charge in [-0.25, -0.2) is 9.97 Å². The summed E-state index contributed by atoms with van der Waals surface area (Å²) in [6.07, 6.45) is 7.39. The fourth-order valence-electron chi connectivity index (χ4n) is 3.60. The van der Waals surface area contributed by atoms with Crippen LogP contribution in [0.4, 0.5) is 5.95 Å². The maximum absolute atomic E-state index is 11.3. The number of aromatic nitrogens is 3. The lowest BCUT2D eigenvalue weighted by atomic mass is 9.95. The molecule has 0 spiro atoms. The van der Waals surface area contributed by atoms with Crippen LogP contribution in [0, 0.1) is 5.92 Å². The van der Waals surface area contributed by atoms with Crippen molar-refractivity contribution in [3.63, 3.8) is 0 Å². The third-order valence-corrected chi connectivity index (χ3v) is 5.33. The lowest BCUT2D eigenvalue weighted by Gasteiger charge is -2.31. The molecular formula is C20H23N5O. The molecule has 3 aromatic rings. The van der Waals surface area contributed by atoms with E-state index in [0.29, 0.717) is 5.56 Å². The summed E-state index contributed by atoms with van der Waals surface area (Å²) in [5, 5.41) is 1.02. The number of rotatable bonds is 4. The standard InChI is InChI=1S/C20H23N5O/c1-2-13-5-7-25(8-6-13)20-22-11-16(12-23-20)18-9-14-3-4-15(19(21)26)10-17(14)24-18/h3-4,9-13,24H,2,5-8H2,1H3,(H2,21,26). The minimum Gasteiger partial charge on any atom is -0.366 e. The summed E-state index contributed by atoms with van der Waals surface area (Å²) in [6, 6.07) is 7.43. The molecule has 3 heterocycles. The van der Waals surface area contributed by atoms with E-state index < -0.39 is 5.91 Å². The van der Waals surface area contributed by atoms with Crippen molar-refractivity contribution in [1.82, 2.24) is 15.0 Å². The van der Waals surface area contributed by atoms with Gasteiger partial charge in [0.15, 0.2) is 0 Å². The molecule has 0 bridgehead atoms. The Morgan fingerprint density at radius 1 is 1.23 bits per heavy atom. The first-order chi connectivity index (χ1) is 12.6. The molecule has 6 nitrogen and oxygen atoms in total. The number of carbonyl (C=O) groups is 1. The van der Waals surface area contributed by atoms with Gasteiger partial charge in [-0.1, -0.05) is 19.4 Å². The third-order valence-electron chi connectivity index (χ3n) is 5.33. The normalized spacial score (nSPS) is 15.5. The molecule has 2 aromatic heterocycles. The van der Waals surface area contributed by atoms with Gasteiger partial charge in [0, 0.05) is 53.2 Å². The van der Waals surface area contributed by atoms with Crippen molar-refractivity contribution in [2.75, 3.05) is 18.0 Å². The fraction of sp³-hybridized carbons (Fsp3) is 0.350. The highest BCUT2D eigenvalue weighted by molar-refractivity contribution is 5.97. The molecule has 0 unspecified atom stereocenters. The Morgan fingerprint density at radius 2 is 1.96 bits per heavy atom. The van der Waals surface area contributed by atoms with Crippen molar-refractivity contribution < 1.29 is 4.79 Å². The zero-order chi connectivity index (χ0) is 18.1. The molecule has 1 aliphatic heterocycles. The zero-order valence-electron chi connectivity index (χ0n) is 14.9. The Morgan fingerprint density at radius 3 is 2.62 bits per heavy atom. The second-order valence-electron chi connectivity index (χ2n) is 6.96. The number of benzene rings is 1. The minimum atomic E-state index is -0.428. The number of hydrogen-bond donors (Lipinski definition) is 2. The van der Waals surface area contributed by atoms with Gasteiger partial charge in [0.05, 0.1) is 0 Å². The average molecular weight is 349 g/mol. The van der Waals surface area contributed by atoms with Crippen molar-refractivity contribution >= 4 is 22.8 Å². The first-order valence-corrected chi connectivity index (χ1v) is 9.14. The topological polar surface area (TPSA) is 87.9 Å². The van der Waals surface area contributed by atoms with E-state index in [9.17, 15) is 4.79 Å². The van der Waals surface area contributed by atoms with E-state index in [1.165, 1.54) is 19.3 Å². The van der Waals surface area contributed by atoms with Crippen LogP contribution in [-0.4, -0.2) is 33.9 Å². The number of primary amides is 1. The molecule has 0 radical (unpaired) electrons. The quantitative estimate of drug-likeness (QED) is 0.756. The Bertz CT molecular complexity index is 923. The Labute approximate surface area is 152 Å². The molecule has 6 heteroatoms. The number of nitrogens with one attached hydrogen (secondary N) is 1. The summed E-state index contributed by atoms with van der Waals surface area (Å²) in [4.78, 5) is 26.0. The number of carbonyl (C=O) groups excluding carboxylic acids is 1. The van der Waals surface area contributed by atoms with E-state index in [-0.39, 0.29) is 0 Å². The maximum Gasteiger partial charge on any atom is 0.248 e. The lowest BCUT2D eigenvalue weighted by molar-refractivity contribution is 0.100. The van der Waals surface area contributed by atoms with Crippen LogP contribution in [0.25, 0.3) is 22.2 Å². The number of nitrogens with zero attached hydrogens (tertiary/aromatic N) is 3. The van der Waals surface area contributed by atoms with Gasteiger partial charge in [0.1, 0.15) is 0 Å². The molecule has 0 aliphatic carbocycles. The van der Waals surface area contributed by atoms with Crippen LogP contribution in [0.5, 0.6) is 0 Å². The van der Waals surface area contributed by atoms with E-state index >= 15 is 0 Å². The van der Waals surface area contributed by atoms with Gasteiger partial charge < -0.3 is 15.6 Å². The molecule has 0 atom stereocenters. The number of nitrogens with two attached hydrogens (primary N) is 1. The van der Waals surface area contributed by atoms with Gasteiger partial charge in [-0.15, -0.1) is 0 Å². The van der Waals surface area contributed by atoms with Gasteiger partial charge in [-0.2, -0.15) is 0 Å². The van der Waals surface area contributed by atoms with Crippen molar-refractivity contribution in [1.29, 1.82) is 0 Å². The summed E-state index contributed by atoms with van der Waals surface area (Å²) < 4.78 is 0. The van der Waals surface area contributed by atoms with E-state index in [0.717, 1.165) is 47.1 Å². The Balaban J connectivity index is 1.55. The Kier molecular flexibility index (Phi) is 4.32. The molecule has 134 valence electrons. The van der Waals surface area contributed by atoms with Crippen molar-refractivity contribution in [2.45, 2.75) is 26.2 Å². The molecule has 26 heavy (non-hydrogen) atoms. The second-order valence-corrected chi connectivity index (χ2v) is 6.96. The summed E-state index contributed by atoms with van der Waals surface area (Å²) in [7, 11) is 0. The van der Waals surface area contributed by atoms with Gasteiger partial charge in [-0.05, 0) is 37.0 Å². The smallest absolute Gasteiger partial charge is 0.248 e. The van der Waals surface area contributed by atoms with Crippen LogP contribution in [-0.2, 0) is 0 Å². The number of piperidine rings is 1. The molecule has 1 fully saturated rings. The maximum atomic E-state index is 11.3. The van der Waals surface area contributed by atoms with Crippen LogP contribution < -0.4 is 10.6 Å². The number of aromatic amines is 1. The Hall–Kier alpha value is -2.89. The minimum absolute atomic E-state index is 0.428. The average Bonchev–Trinajstić information content (AvgIpc) is 3.11. The molecule has 3 N–H and O–H groups in total. The summed E-state index contributed by atoms with van der Waals surface area (Å²) in [5.74, 6) is 1.21. The van der Waals surface area contributed by atoms with Crippen LogP contribution in [0.15, 0.2) is 36.7 Å². The van der Waals surface area contributed by atoms with Crippen LogP contribution in [0.3, 0.4) is 0 Å². The summed E-state index contributed by atoms with van der Waals surface area (Å²) in [5.41, 5.74) is 8.57. The molecule has 4 rings (SSSR count). The van der Waals surface area contributed by atoms with Crippen molar-refractivity contribution in [2.24, 2.45) is 11.7 Å². The van der Waals surface area contributed by atoms with Crippen molar-refractivity contribution in [3.05, 3.63) is 42.2 Å². The van der Waals surface area contributed by atoms with Crippen molar-refractivity contribution in [3.8, 4) is 11.3 Å². The first-order valence-electron chi connectivity index (χ1n) is 9.14. The van der Waals surface area contributed by atoms with E-state index in [4.69, 9.17) is 5.73 Å². The molecule has 1 aliphatic rings. The first kappa shape index (κ1) is 16.6. The SMILES string of the molecule is CCC1CCN(c2ncc(-c3cc4ccc(C(N)=O)cc4[nH]3)cn2)CC1. The van der Waals surface area contributed by atoms with Gasteiger partial charge in [-0.3, -0.25) is 4.79 Å². The number of anilines is 1. The number of hydrogen-bond acceptors (Lipinski definition) is 4. The van der Waals surface area contributed by atoms with Crippen LogP contribution >= 0.6 is 0 Å². The zero-order valence-corrected chi connectivity index (χ0v) is 14.9. The summed E-state index contributed by atoms with van der Waals surface area (Å²) in [6.45, 7) is 4.32. The predicted molar refractivity (Wildman–Crippen MR) is 103 cm³/mol. The third kappa shape index (κ3) is 3.14. The largest absolute Gasteiger partial charge is 0.366 e. The molecule has 1 aromatic carbocycles. The highest BCUT2D eigenvalue weighted by Gasteiger charge is 2.19. The molecule has 0 saturated carbocycles. The molecule has 1 amide bonds. The molecule has 1 saturated heterocycles. The number of amides is 1. The van der Waals surface area contributed by atoms with Gasteiger partial charge in [0.2, 0.25) is 11.9 Å². The van der Waals surface area contributed by atoms with E-state index in [2.05, 4.69) is 26.8 Å².